The monoisotopic (exact) mass is 435 g/mol. The molecule has 1 fully saturated rings. The number of amides is 1. The van der Waals surface area contributed by atoms with Crippen LogP contribution in [0.3, 0.4) is 0 Å². The van der Waals surface area contributed by atoms with Crippen LogP contribution in [0.1, 0.15) is 29.9 Å². The molecule has 1 unspecified atom stereocenters. The van der Waals surface area contributed by atoms with Gasteiger partial charge in [0, 0.05) is 6.54 Å². The van der Waals surface area contributed by atoms with Crippen molar-refractivity contribution in [1.82, 2.24) is 25.4 Å². The largest absolute Gasteiger partial charge is 0.349 e. The standard InChI is InChI=1S/C20H22FN5OS.ClH/c21-15-5-1-6-16(12-15)26-19(17-7-3-11-28-17)24-18(25-26)20(27)23-10-8-14-4-2-9-22-13-14;/h1,3,5-7,11-12,14,22H,2,4,8-10,13H2,(H,23,27);1H. The number of aromatic nitrogens is 3. The van der Waals surface area contributed by atoms with Crippen LogP contribution in [0, 0.1) is 11.7 Å². The van der Waals surface area contributed by atoms with E-state index < -0.39 is 0 Å². The molecule has 0 saturated carbocycles. The maximum Gasteiger partial charge on any atom is 0.290 e. The number of hydrogen-bond donors (Lipinski definition) is 2. The normalized spacial score (nSPS) is 16.2. The number of rotatable bonds is 6. The van der Waals surface area contributed by atoms with Crippen molar-refractivity contribution in [3.63, 3.8) is 0 Å². The third kappa shape index (κ3) is 5.20. The third-order valence-corrected chi connectivity index (χ3v) is 5.71. The molecule has 1 atom stereocenters. The smallest absolute Gasteiger partial charge is 0.290 e. The van der Waals surface area contributed by atoms with Crippen LogP contribution in [0.25, 0.3) is 16.4 Å². The summed E-state index contributed by atoms with van der Waals surface area (Å²) in [6.07, 6.45) is 3.31. The van der Waals surface area contributed by atoms with Crippen LogP contribution in [0.4, 0.5) is 4.39 Å². The fourth-order valence-corrected chi connectivity index (χ4v) is 4.10. The van der Waals surface area contributed by atoms with Gasteiger partial charge in [0.25, 0.3) is 5.91 Å². The quantitative estimate of drug-likeness (QED) is 0.619. The van der Waals surface area contributed by atoms with Crippen molar-refractivity contribution < 1.29 is 9.18 Å². The average molecular weight is 436 g/mol. The van der Waals surface area contributed by atoms with Gasteiger partial charge in [-0.05, 0) is 67.9 Å². The molecule has 3 aromatic rings. The zero-order valence-electron chi connectivity index (χ0n) is 15.8. The molecule has 4 rings (SSSR count). The van der Waals surface area contributed by atoms with Gasteiger partial charge >= 0.3 is 0 Å². The van der Waals surface area contributed by atoms with Crippen LogP contribution in [-0.2, 0) is 0 Å². The molecule has 2 N–H and O–H groups in total. The summed E-state index contributed by atoms with van der Waals surface area (Å²) in [5.41, 5.74) is 0.531. The highest BCUT2D eigenvalue weighted by Gasteiger charge is 2.20. The Balaban J connectivity index is 0.00000240. The van der Waals surface area contributed by atoms with Crippen molar-refractivity contribution in [3.05, 3.63) is 53.4 Å². The molecule has 1 aliphatic rings. The van der Waals surface area contributed by atoms with Gasteiger partial charge in [0.15, 0.2) is 5.82 Å². The maximum atomic E-state index is 13.7. The number of benzene rings is 1. The van der Waals surface area contributed by atoms with Gasteiger partial charge in [0.1, 0.15) is 5.82 Å². The number of nitrogens with one attached hydrogen (secondary N) is 2. The summed E-state index contributed by atoms with van der Waals surface area (Å²) in [6.45, 7) is 2.68. The van der Waals surface area contributed by atoms with Gasteiger partial charge in [-0.1, -0.05) is 12.1 Å². The molecule has 0 bridgehead atoms. The van der Waals surface area contributed by atoms with E-state index in [1.54, 1.807) is 12.1 Å². The molecule has 1 aromatic carbocycles. The number of nitrogens with zero attached hydrogens (tertiary/aromatic N) is 3. The predicted molar refractivity (Wildman–Crippen MR) is 114 cm³/mol. The predicted octanol–water partition coefficient (Wildman–Crippen LogP) is 3.68. The molecular weight excluding hydrogens is 413 g/mol. The first-order valence-corrected chi connectivity index (χ1v) is 10.3. The lowest BCUT2D eigenvalue weighted by atomic mass is 9.96. The van der Waals surface area contributed by atoms with Gasteiger partial charge in [0.05, 0.1) is 10.6 Å². The Labute approximate surface area is 179 Å². The van der Waals surface area contributed by atoms with Crippen molar-refractivity contribution in [2.45, 2.75) is 19.3 Å². The summed E-state index contributed by atoms with van der Waals surface area (Å²) < 4.78 is 15.2. The summed E-state index contributed by atoms with van der Waals surface area (Å²) >= 11 is 1.50. The number of thiophene rings is 1. The Kier molecular flexibility index (Phi) is 7.35. The minimum atomic E-state index is -0.364. The highest BCUT2D eigenvalue weighted by atomic mass is 35.5. The lowest BCUT2D eigenvalue weighted by Crippen LogP contribution is -2.33. The fraction of sp³-hybridized carbons (Fsp3) is 0.350. The minimum absolute atomic E-state index is 0. The summed E-state index contributed by atoms with van der Waals surface area (Å²) in [4.78, 5) is 17.9. The highest BCUT2D eigenvalue weighted by molar-refractivity contribution is 7.13. The van der Waals surface area contributed by atoms with Crippen LogP contribution in [0.15, 0.2) is 41.8 Å². The van der Waals surface area contributed by atoms with Crippen LogP contribution in [0.5, 0.6) is 0 Å². The first-order chi connectivity index (χ1) is 13.7. The number of carbonyl (C=O) groups is 1. The molecule has 2 aromatic heterocycles. The van der Waals surface area contributed by atoms with Crippen molar-refractivity contribution >= 4 is 29.7 Å². The SMILES string of the molecule is Cl.O=C(NCCC1CCCNC1)c1nc(-c2cccs2)n(-c2cccc(F)c2)n1. The van der Waals surface area contributed by atoms with Gasteiger partial charge < -0.3 is 10.6 Å². The molecule has 1 amide bonds. The van der Waals surface area contributed by atoms with Crippen LogP contribution < -0.4 is 10.6 Å². The number of halogens is 2. The second-order valence-corrected chi connectivity index (χ2v) is 7.83. The zero-order chi connectivity index (χ0) is 19.3. The summed E-state index contributed by atoms with van der Waals surface area (Å²) in [5, 5.41) is 12.6. The molecule has 0 radical (unpaired) electrons. The van der Waals surface area contributed by atoms with E-state index in [1.807, 2.05) is 17.5 Å². The van der Waals surface area contributed by atoms with Crippen molar-refractivity contribution in [2.24, 2.45) is 5.92 Å². The Bertz CT molecular complexity index is 940. The van der Waals surface area contributed by atoms with E-state index in [0.717, 1.165) is 24.4 Å². The third-order valence-electron chi connectivity index (χ3n) is 4.84. The Hall–Kier alpha value is -2.29. The molecule has 29 heavy (non-hydrogen) atoms. The molecule has 1 saturated heterocycles. The second kappa shape index (κ2) is 9.96. The summed E-state index contributed by atoms with van der Waals surface area (Å²) in [6, 6.07) is 9.92. The van der Waals surface area contributed by atoms with Crippen LogP contribution in [-0.4, -0.2) is 40.3 Å². The van der Waals surface area contributed by atoms with Crippen molar-refractivity contribution in [2.75, 3.05) is 19.6 Å². The van der Waals surface area contributed by atoms with Gasteiger partial charge in [-0.3, -0.25) is 4.79 Å². The zero-order valence-corrected chi connectivity index (χ0v) is 17.4. The van der Waals surface area contributed by atoms with Crippen LogP contribution in [0.2, 0.25) is 0 Å². The second-order valence-electron chi connectivity index (χ2n) is 6.88. The molecule has 1 aliphatic heterocycles. The Morgan fingerprint density at radius 3 is 2.97 bits per heavy atom. The van der Waals surface area contributed by atoms with Gasteiger partial charge in [-0.2, -0.15) is 0 Å². The van der Waals surface area contributed by atoms with Gasteiger partial charge in [-0.25, -0.2) is 14.1 Å². The van der Waals surface area contributed by atoms with Crippen molar-refractivity contribution in [1.29, 1.82) is 0 Å². The van der Waals surface area contributed by atoms with E-state index in [0.29, 0.717) is 24.0 Å². The molecule has 154 valence electrons. The van der Waals surface area contributed by atoms with Gasteiger partial charge in [0.2, 0.25) is 5.82 Å². The molecule has 9 heteroatoms. The topological polar surface area (TPSA) is 71.8 Å². The maximum absolute atomic E-state index is 13.7. The highest BCUT2D eigenvalue weighted by Crippen LogP contribution is 2.25. The van der Waals surface area contributed by atoms with E-state index in [4.69, 9.17) is 0 Å². The first kappa shape index (κ1) is 21.4. The Morgan fingerprint density at radius 1 is 1.34 bits per heavy atom. The number of carbonyl (C=O) groups excluding carboxylic acids is 1. The summed E-state index contributed by atoms with van der Waals surface area (Å²) in [7, 11) is 0. The Morgan fingerprint density at radius 2 is 2.24 bits per heavy atom. The first-order valence-electron chi connectivity index (χ1n) is 9.46. The molecule has 0 spiro atoms. The molecule has 0 aliphatic carbocycles. The van der Waals surface area contributed by atoms with Gasteiger partial charge in [-0.15, -0.1) is 28.8 Å². The lowest BCUT2D eigenvalue weighted by molar-refractivity contribution is 0.0940. The van der Waals surface area contributed by atoms with Crippen LogP contribution >= 0.6 is 23.7 Å². The number of hydrogen-bond acceptors (Lipinski definition) is 5. The molecule has 6 nitrogen and oxygen atoms in total. The average Bonchev–Trinajstić information content (AvgIpc) is 3.38. The fourth-order valence-electron chi connectivity index (χ4n) is 3.40. The van der Waals surface area contributed by atoms with E-state index in [-0.39, 0.29) is 30.0 Å². The summed E-state index contributed by atoms with van der Waals surface area (Å²) in [5.74, 6) is 0.541. The van der Waals surface area contributed by atoms with E-state index >= 15 is 0 Å². The van der Waals surface area contributed by atoms with Crippen molar-refractivity contribution in [3.8, 4) is 16.4 Å². The van der Waals surface area contributed by atoms with E-state index in [9.17, 15) is 9.18 Å². The van der Waals surface area contributed by atoms with E-state index in [2.05, 4.69) is 20.7 Å². The molecule has 3 heterocycles. The minimum Gasteiger partial charge on any atom is -0.349 e. The molecular formula is C20H23ClFN5OS. The van der Waals surface area contributed by atoms with E-state index in [1.165, 1.54) is 41.0 Å². The lowest BCUT2D eigenvalue weighted by Gasteiger charge is -2.22. The number of piperidine rings is 1.